The van der Waals surface area contributed by atoms with Crippen molar-refractivity contribution in [2.75, 3.05) is 0 Å². The van der Waals surface area contributed by atoms with E-state index >= 15 is 0 Å². The largest absolute Gasteiger partial charge is 0.0990 e. The second kappa shape index (κ2) is 6.30. The third-order valence-corrected chi connectivity index (χ3v) is 5.35. The fourth-order valence-electron chi connectivity index (χ4n) is 3.92. The lowest BCUT2D eigenvalue weighted by Gasteiger charge is -2.30. The quantitative estimate of drug-likeness (QED) is 0.551. The molecule has 0 nitrogen and oxygen atoms in total. The summed E-state index contributed by atoms with van der Waals surface area (Å²) in [4.78, 5) is 0. The molecule has 0 unspecified atom stereocenters. The van der Waals surface area contributed by atoms with E-state index < -0.39 is 0 Å². The molecule has 0 spiro atoms. The zero-order valence-electron chi connectivity index (χ0n) is 15.1. The van der Waals surface area contributed by atoms with Crippen LogP contribution in [0.5, 0.6) is 0 Å². The summed E-state index contributed by atoms with van der Waals surface area (Å²) in [5.74, 6) is 0. The van der Waals surface area contributed by atoms with Gasteiger partial charge in [0.15, 0.2) is 0 Å². The molecule has 0 N–H and O–H groups in total. The first-order valence-corrected chi connectivity index (χ1v) is 9.23. The molecule has 0 saturated heterocycles. The van der Waals surface area contributed by atoms with Crippen molar-refractivity contribution in [2.45, 2.75) is 19.3 Å². The Kier molecular flexibility index (Phi) is 4.09. The maximum absolute atomic E-state index is 6.34. The molecule has 26 heavy (non-hydrogen) atoms. The second-order valence-electron chi connectivity index (χ2n) is 7.32. The summed E-state index contributed by atoms with van der Waals surface area (Å²) < 4.78 is 0. The predicted molar refractivity (Wildman–Crippen MR) is 114 cm³/mol. The first-order valence-electron chi connectivity index (χ1n) is 8.86. The summed E-state index contributed by atoms with van der Waals surface area (Å²) in [6.45, 7) is 8.39. The van der Waals surface area contributed by atoms with Crippen LogP contribution in [0.15, 0.2) is 73.3 Å². The Hall–Kier alpha value is -2.57. The van der Waals surface area contributed by atoms with Gasteiger partial charge in [0, 0.05) is 10.4 Å². The van der Waals surface area contributed by atoms with Crippen LogP contribution in [0.25, 0.3) is 34.4 Å². The van der Waals surface area contributed by atoms with E-state index in [0.717, 1.165) is 5.02 Å². The molecular weight excluding hydrogens is 336 g/mol. The van der Waals surface area contributed by atoms with E-state index in [1.54, 1.807) is 0 Å². The summed E-state index contributed by atoms with van der Waals surface area (Å²) in [5.41, 5.74) is 6.19. The summed E-state index contributed by atoms with van der Waals surface area (Å²) in [6.07, 6.45) is 6.31. The molecule has 0 fully saturated rings. The number of benzene rings is 3. The molecule has 128 valence electrons. The Morgan fingerprint density at radius 2 is 1.65 bits per heavy atom. The SMILES string of the molecule is C=C/C=c1/ccc(-c2ccccc2)c2c1=CC(C)(C)c1cc(Cl)ccc1-2. The molecule has 3 aromatic carbocycles. The summed E-state index contributed by atoms with van der Waals surface area (Å²) in [5, 5.41) is 3.25. The minimum Gasteiger partial charge on any atom is -0.0990 e. The van der Waals surface area contributed by atoms with Gasteiger partial charge in [-0.3, -0.25) is 0 Å². The van der Waals surface area contributed by atoms with Crippen LogP contribution in [0.3, 0.4) is 0 Å². The normalized spacial score (nSPS) is 15.0. The van der Waals surface area contributed by atoms with E-state index in [1.165, 1.54) is 38.3 Å². The Bertz CT molecular complexity index is 1120. The van der Waals surface area contributed by atoms with Crippen molar-refractivity contribution in [3.05, 3.63) is 94.3 Å². The highest BCUT2D eigenvalue weighted by Gasteiger charge is 2.28. The van der Waals surface area contributed by atoms with Crippen LogP contribution in [0.2, 0.25) is 5.02 Å². The molecule has 0 aliphatic heterocycles. The van der Waals surface area contributed by atoms with Crippen LogP contribution in [-0.4, -0.2) is 0 Å². The van der Waals surface area contributed by atoms with E-state index in [-0.39, 0.29) is 5.41 Å². The molecule has 1 aliphatic rings. The third-order valence-electron chi connectivity index (χ3n) is 5.11. The van der Waals surface area contributed by atoms with Crippen LogP contribution >= 0.6 is 11.6 Å². The molecule has 0 radical (unpaired) electrons. The minimum absolute atomic E-state index is 0.0910. The molecule has 0 saturated carbocycles. The van der Waals surface area contributed by atoms with Crippen molar-refractivity contribution >= 4 is 23.8 Å². The molecule has 3 aromatic rings. The van der Waals surface area contributed by atoms with Crippen LogP contribution in [0.1, 0.15) is 19.4 Å². The van der Waals surface area contributed by atoms with Gasteiger partial charge < -0.3 is 0 Å². The molecule has 1 heteroatoms. The van der Waals surface area contributed by atoms with Crippen molar-refractivity contribution in [1.82, 2.24) is 0 Å². The van der Waals surface area contributed by atoms with Crippen LogP contribution in [0.4, 0.5) is 0 Å². The van der Waals surface area contributed by atoms with Crippen LogP contribution in [0, 0.1) is 0 Å². The predicted octanol–water partition coefficient (Wildman–Crippen LogP) is 5.71. The average molecular weight is 357 g/mol. The monoisotopic (exact) mass is 356 g/mol. The molecule has 0 bridgehead atoms. The van der Waals surface area contributed by atoms with Gasteiger partial charge in [-0.2, -0.15) is 0 Å². The van der Waals surface area contributed by atoms with Crippen LogP contribution in [-0.2, 0) is 5.41 Å². The van der Waals surface area contributed by atoms with Crippen LogP contribution < -0.4 is 10.4 Å². The second-order valence-corrected chi connectivity index (χ2v) is 7.75. The Balaban J connectivity index is 2.19. The summed E-state index contributed by atoms with van der Waals surface area (Å²) in [7, 11) is 0. The molecular formula is C25H21Cl. The van der Waals surface area contributed by atoms with E-state index in [4.69, 9.17) is 11.6 Å². The highest BCUT2D eigenvalue weighted by Crippen LogP contribution is 2.41. The lowest BCUT2D eigenvalue weighted by Crippen LogP contribution is -2.35. The van der Waals surface area contributed by atoms with E-state index in [0.29, 0.717) is 0 Å². The molecule has 0 atom stereocenters. The van der Waals surface area contributed by atoms with Gasteiger partial charge in [-0.05, 0) is 50.4 Å². The van der Waals surface area contributed by atoms with Gasteiger partial charge in [0.05, 0.1) is 0 Å². The molecule has 1 aliphatic carbocycles. The minimum atomic E-state index is -0.0910. The number of halogens is 1. The average Bonchev–Trinajstić information content (AvgIpc) is 2.63. The first-order chi connectivity index (χ1) is 12.5. The number of allylic oxidation sites excluding steroid dienone is 1. The van der Waals surface area contributed by atoms with E-state index in [9.17, 15) is 0 Å². The van der Waals surface area contributed by atoms with E-state index in [2.05, 4.69) is 87.2 Å². The zero-order chi connectivity index (χ0) is 18.3. The molecule has 0 amide bonds. The molecule has 0 heterocycles. The summed E-state index contributed by atoms with van der Waals surface area (Å²) in [6, 6.07) is 21.2. The number of rotatable bonds is 2. The Morgan fingerprint density at radius 3 is 2.38 bits per heavy atom. The first kappa shape index (κ1) is 16.9. The highest BCUT2D eigenvalue weighted by atomic mass is 35.5. The summed E-state index contributed by atoms with van der Waals surface area (Å²) >= 11 is 6.34. The maximum atomic E-state index is 6.34. The van der Waals surface area contributed by atoms with Crippen molar-refractivity contribution in [2.24, 2.45) is 0 Å². The smallest absolute Gasteiger partial charge is 0.0409 e. The van der Waals surface area contributed by atoms with Gasteiger partial charge in [-0.1, -0.05) is 98.8 Å². The van der Waals surface area contributed by atoms with Crippen molar-refractivity contribution < 1.29 is 0 Å². The topological polar surface area (TPSA) is 0 Å². The van der Waals surface area contributed by atoms with Gasteiger partial charge in [0.2, 0.25) is 0 Å². The third kappa shape index (κ3) is 2.71. The van der Waals surface area contributed by atoms with Gasteiger partial charge in [0.25, 0.3) is 0 Å². The Labute approximate surface area is 159 Å². The standard InChI is InChI=1S/C25H21Cl/c1-4-8-17-11-13-20(18-9-6-5-7-10-18)24-21-14-12-19(26)15-23(21)25(2,3)16-22(17)24/h4-16H,1H2,2-3H3/b17-8-. The van der Waals surface area contributed by atoms with Crippen molar-refractivity contribution in [3.8, 4) is 22.3 Å². The number of fused-ring (bicyclic) bond motifs is 3. The highest BCUT2D eigenvalue weighted by molar-refractivity contribution is 6.30. The molecule has 0 aromatic heterocycles. The lowest BCUT2D eigenvalue weighted by molar-refractivity contribution is 0.709. The van der Waals surface area contributed by atoms with Gasteiger partial charge >= 0.3 is 0 Å². The van der Waals surface area contributed by atoms with Gasteiger partial charge in [0.1, 0.15) is 0 Å². The van der Waals surface area contributed by atoms with Crippen molar-refractivity contribution in [3.63, 3.8) is 0 Å². The maximum Gasteiger partial charge on any atom is 0.0409 e. The zero-order valence-corrected chi connectivity index (χ0v) is 15.8. The number of hydrogen-bond donors (Lipinski definition) is 0. The lowest BCUT2D eigenvalue weighted by atomic mass is 9.73. The van der Waals surface area contributed by atoms with Gasteiger partial charge in [-0.15, -0.1) is 0 Å². The van der Waals surface area contributed by atoms with E-state index in [1.807, 2.05) is 12.1 Å². The fourth-order valence-corrected chi connectivity index (χ4v) is 4.09. The Morgan fingerprint density at radius 1 is 0.923 bits per heavy atom. The fraction of sp³-hybridized carbons (Fsp3) is 0.120. The number of hydrogen-bond acceptors (Lipinski definition) is 0. The molecule has 4 rings (SSSR count). The van der Waals surface area contributed by atoms with Gasteiger partial charge in [-0.25, -0.2) is 0 Å². The van der Waals surface area contributed by atoms with Crippen molar-refractivity contribution in [1.29, 1.82) is 0 Å².